The molecule has 4 aromatic heterocycles. The van der Waals surface area contributed by atoms with Crippen LogP contribution in [0, 0.1) is 19.6 Å². The van der Waals surface area contributed by atoms with Crippen molar-refractivity contribution in [3.63, 3.8) is 0 Å². The molecule has 5 rings (SSSR count). The molecule has 4 heterocycles. The molecule has 0 atom stereocenters. The molecule has 0 unspecified atom stereocenters. The van der Waals surface area contributed by atoms with Crippen LogP contribution in [0.4, 0.5) is 17.6 Å². The summed E-state index contributed by atoms with van der Waals surface area (Å²) >= 11 is 0. The summed E-state index contributed by atoms with van der Waals surface area (Å²) < 4.78 is 108. The Hall–Kier alpha value is -3.17. The summed E-state index contributed by atoms with van der Waals surface area (Å²) in [4.78, 5) is 4.50. The van der Waals surface area contributed by atoms with E-state index in [0.717, 1.165) is 4.68 Å². The fourth-order valence-electron chi connectivity index (χ4n) is 4.74. The van der Waals surface area contributed by atoms with Gasteiger partial charge in [0.05, 0.1) is 22.9 Å². The lowest BCUT2D eigenvalue weighted by atomic mass is 9.81. The van der Waals surface area contributed by atoms with Gasteiger partial charge in [0.1, 0.15) is 18.0 Å². The van der Waals surface area contributed by atoms with E-state index >= 15 is 0 Å². The normalized spacial score (nSPS) is 24.4. The molecule has 1 aliphatic rings. The molecule has 0 N–H and O–H groups in total. The van der Waals surface area contributed by atoms with Gasteiger partial charge in [0, 0.05) is 55.6 Å². The van der Waals surface area contributed by atoms with Crippen molar-refractivity contribution in [1.29, 1.82) is 0 Å². The van der Waals surface area contributed by atoms with Crippen LogP contribution in [0.15, 0.2) is 35.4 Å². The zero-order valence-corrected chi connectivity index (χ0v) is 18.9. The first kappa shape index (κ1) is 17.3. The average Bonchev–Trinajstić information content (AvgIpc) is 3.56. The summed E-state index contributed by atoms with van der Waals surface area (Å²) in [5, 5.41) is 7.39. The Balaban J connectivity index is 1.64. The van der Waals surface area contributed by atoms with Crippen molar-refractivity contribution in [3.8, 4) is 22.3 Å². The van der Waals surface area contributed by atoms with E-state index in [1.54, 1.807) is 19.2 Å². The van der Waals surface area contributed by atoms with Gasteiger partial charge in [-0.25, -0.2) is 4.39 Å². The monoisotopic (exact) mass is 495 g/mol. The minimum absolute atomic E-state index is 0.102. The van der Waals surface area contributed by atoms with Crippen molar-refractivity contribution in [2.75, 3.05) is 0 Å². The highest BCUT2D eigenvalue weighted by molar-refractivity contribution is 5.94. The molecular formula is C25H27F4N5O. The van der Waals surface area contributed by atoms with Crippen molar-refractivity contribution in [1.82, 2.24) is 24.5 Å². The van der Waals surface area contributed by atoms with Gasteiger partial charge in [0.25, 0.3) is 0 Å². The summed E-state index contributed by atoms with van der Waals surface area (Å²) in [6.07, 6.45) is 3.14. The summed E-state index contributed by atoms with van der Waals surface area (Å²) in [5.74, 6) is -0.489. The third-order valence-corrected chi connectivity index (χ3v) is 6.59. The largest absolute Gasteiger partial charge is 0.408 e. The van der Waals surface area contributed by atoms with Crippen LogP contribution in [0.2, 0.25) is 0 Å². The number of hydrogen-bond acceptors (Lipinski definition) is 4. The second kappa shape index (κ2) is 8.49. The van der Waals surface area contributed by atoms with E-state index < -0.39 is 43.5 Å². The third-order valence-electron chi connectivity index (χ3n) is 6.59. The Kier molecular flexibility index (Phi) is 4.20. The molecule has 1 aliphatic carbocycles. The molecule has 0 amide bonds. The molecule has 1 fully saturated rings. The first-order chi connectivity index (χ1) is 18.9. The highest BCUT2D eigenvalue weighted by atomic mass is 19.4. The van der Waals surface area contributed by atoms with Crippen molar-refractivity contribution in [2.24, 2.45) is 5.92 Å². The van der Waals surface area contributed by atoms with Crippen molar-refractivity contribution in [3.05, 3.63) is 42.3 Å². The van der Waals surface area contributed by atoms with E-state index in [4.69, 9.17) is 12.7 Å². The first-order valence-corrected chi connectivity index (χ1v) is 11.2. The van der Waals surface area contributed by atoms with Crippen molar-refractivity contribution >= 4 is 11.0 Å². The quantitative estimate of drug-likeness (QED) is 0.291. The van der Waals surface area contributed by atoms with Crippen molar-refractivity contribution in [2.45, 2.75) is 71.2 Å². The standard InChI is InChI=1S/C25H27F4N5O/c1-15-22(16(2)35-32-15)18-8-21-23(30-9-18)20(19-10-31-34(12-19)14-25(27,28)29)13-33(21)11-17-4-6-24(3,26)7-5-17/h8-10,12-13,17H,4-7,11,14H2,1-3H3/i1D3,2D3. The maximum Gasteiger partial charge on any atom is 0.408 e. The van der Waals surface area contributed by atoms with Gasteiger partial charge in [0.2, 0.25) is 0 Å². The van der Waals surface area contributed by atoms with Crippen LogP contribution in [-0.2, 0) is 13.1 Å². The predicted molar refractivity (Wildman–Crippen MR) is 123 cm³/mol. The number of aryl methyl sites for hydroxylation is 2. The van der Waals surface area contributed by atoms with Gasteiger partial charge in [-0.1, -0.05) is 5.16 Å². The number of fused-ring (bicyclic) bond motifs is 1. The molecule has 1 saturated carbocycles. The number of nitrogens with zero attached hydrogens (tertiary/aromatic N) is 5. The van der Waals surface area contributed by atoms with Crippen LogP contribution in [0.5, 0.6) is 0 Å². The Morgan fingerprint density at radius 2 is 1.97 bits per heavy atom. The topological polar surface area (TPSA) is 61.7 Å². The molecule has 186 valence electrons. The Bertz CT molecular complexity index is 1530. The Labute approximate surface area is 208 Å². The molecule has 0 spiro atoms. The van der Waals surface area contributed by atoms with Gasteiger partial charge in [-0.3, -0.25) is 9.67 Å². The number of halogens is 4. The molecule has 35 heavy (non-hydrogen) atoms. The van der Waals surface area contributed by atoms with Crippen LogP contribution in [0.3, 0.4) is 0 Å². The lowest BCUT2D eigenvalue weighted by molar-refractivity contribution is -0.142. The Morgan fingerprint density at radius 3 is 2.69 bits per heavy atom. The van der Waals surface area contributed by atoms with Crippen LogP contribution in [-0.4, -0.2) is 36.3 Å². The van der Waals surface area contributed by atoms with Crippen molar-refractivity contribution < 1.29 is 30.3 Å². The number of alkyl halides is 4. The minimum atomic E-state index is -4.46. The maximum absolute atomic E-state index is 14.4. The summed E-state index contributed by atoms with van der Waals surface area (Å²) in [6.45, 7) is -4.83. The molecule has 10 heteroatoms. The molecule has 4 aromatic rings. The van der Waals surface area contributed by atoms with Crippen LogP contribution >= 0.6 is 0 Å². The second-order valence-corrected chi connectivity index (χ2v) is 9.42. The smallest absolute Gasteiger partial charge is 0.361 e. The number of rotatable bonds is 5. The van der Waals surface area contributed by atoms with Gasteiger partial charge >= 0.3 is 6.18 Å². The molecule has 0 aliphatic heterocycles. The van der Waals surface area contributed by atoms with Crippen LogP contribution in [0.1, 0.15) is 52.3 Å². The number of pyridine rings is 1. The summed E-state index contributed by atoms with van der Waals surface area (Å²) in [5.41, 5.74) is -0.0673. The van der Waals surface area contributed by atoms with E-state index in [1.807, 2.05) is 4.57 Å². The van der Waals surface area contributed by atoms with Gasteiger partial charge < -0.3 is 9.09 Å². The van der Waals surface area contributed by atoms with E-state index in [0.29, 0.717) is 54.4 Å². The minimum Gasteiger partial charge on any atom is -0.361 e. The van der Waals surface area contributed by atoms with Gasteiger partial charge in [-0.05, 0) is 58.3 Å². The molecule has 6 nitrogen and oxygen atoms in total. The molecule has 0 aromatic carbocycles. The van der Waals surface area contributed by atoms with E-state index in [2.05, 4.69) is 15.2 Å². The first-order valence-electron chi connectivity index (χ1n) is 14.2. The zero-order chi connectivity index (χ0) is 30.0. The van der Waals surface area contributed by atoms with Crippen LogP contribution in [0.25, 0.3) is 33.3 Å². The fourth-order valence-corrected chi connectivity index (χ4v) is 4.74. The van der Waals surface area contributed by atoms with Gasteiger partial charge in [-0.2, -0.15) is 18.3 Å². The molecule has 0 bridgehead atoms. The SMILES string of the molecule is [2H]C([2H])([2H])c1noc(C([2H])([2H])[2H])c1-c1cnc2c(-c3cnn(CC(F)(F)F)c3)cn(CC3CCC(C)(F)CC3)c2c1. The lowest BCUT2D eigenvalue weighted by Crippen LogP contribution is -2.27. The van der Waals surface area contributed by atoms with Gasteiger partial charge in [0.15, 0.2) is 0 Å². The molecule has 0 saturated heterocycles. The van der Waals surface area contributed by atoms with E-state index in [9.17, 15) is 17.6 Å². The van der Waals surface area contributed by atoms with E-state index in [-0.39, 0.29) is 17.0 Å². The van der Waals surface area contributed by atoms with E-state index in [1.165, 1.54) is 18.6 Å². The second-order valence-electron chi connectivity index (χ2n) is 9.42. The van der Waals surface area contributed by atoms with Crippen LogP contribution < -0.4 is 0 Å². The van der Waals surface area contributed by atoms with Gasteiger partial charge in [-0.15, -0.1) is 0 Å². The Morgan fingerprint density at radius 1 is 1.17 bits per heavy atom. The zero-order valence-electron chi connectivity index (χ0n) is 24.9. The summed E-state index contributed by atoms with van der Waals surface area (Å²) in [6, 6.07) is 1.57. The average molecular weight is 496 g/mol. The predicted octanol–water partition coefficient (Wildman–Crippen LogP) is 6.65. The highest BCUT2D eigenvalue weighted by Crippen LogP contribution is 2.38. The lowest BCUT2D eigenvalue weighted by Gasteiger charge is -2.31. The molecule has 0 radical (unpaired) electrons. The maximum atomic E-state index is 14.4. The number of hydrogen-bond donors (Lipinski definition) is 0. The summed E-state index contributed by atoms with van der Waals surface area (Å²) in [7, 11) is 0. The third kappa shape index (κ3) is 4.83. The number of aromatic nitrogens is 5. The fraction of sp³-hybridized carbons (Fsp3) is 0.480. The molecular weight excluding hydrogens is 462 g/mol. The highest BCUT2D eigenvalue weighted by Gasteiger charge is 2.31.